The molecule has 22 heavy (non-hydrogen) atoms. The van der Waals surface area contributed by atoms with Crippen molar-refractivity contribution in [1.82, 2.24) is 19.9 Å². The number of hydrogen-bond acceptors (Lipinski definition) is 4. The highest BCUT2D eigenvalue weighted by atomic mass is 35.5. The average molecular weight is 323 g/mol. The minimum atomic E-state index is -0.230. The van der Waals surface area contributed by atoms with Gasteiger partial charge in [-0.2, -0.15) is 0 Å². The zero-order valence-corrected chi connectivity index (χ0v) is 13.4. The normalized spacial score (nSPS) is 10.7. The molecule has 1 heterocycles. The molecule has 0 spiro atoms. The van der Waals surface area contributed by atoms with Gasteiger partial charge in [0.05, 0.1) is 23.0 Å². The molecular weight excluding hydrogens is 304 g/mol. The van der Waals surface area contributed by atoms with E-state index in [2.05, 4.69) is 10.3 Å². The Morgan fingerprint density at radius 3 is 2.73 bits per heavy atom. The number of aliphatic hydroxyl groups excluding tert-OH is 1. The van der Waals surface area contributed by atoms with E-state index in [1.807, 2.05) is 25.1 Å². The van der Waals surface area contributed by atoms with Crippen LogP contribution in [0.3, 0.4) is 0 Å². The van der Waals surface area contributed by atoms with Crippen molar-refractivity contribution in [2.45, 2.75) is 20.3 Å². The molecule has 0 saturated heterocycles. The Bertz CT molecular complexity index is 651. The fourth-order valence-corrected chi connectivity index (χ4v) is 2.45. The maximum absolute atomic E-state index is 12.5. The maximum Gasteiger partial charge on any atom is 0.276 e. The average Bonchev–Trinajstić information content (AvgIpc) is 2.88. The maximum atomic E-state index is 12.5. The van der Waals surface area contributed by atoms with Crippen LogP contribution in [0.4, 0.5) is 0 Å². The number of rotatable bonds is 6. The summed E-state index contributed by atoms with van der Waals surface area (Å²) in [4.78, 5) is 14.1. The first-order valence-electron chi connectivity index (χ1n) is 7.17. The molecule has 0 bridgehead atoms. The molecule has 0 unspecified atom stereocenters. The number of carbonyl (C=O) groups is 1. The van der Waals surface area contributed by atoms with Gasteiger partial charge in [0, 0.05) is 13.1 Å². The van der Waals surface area contributed by atoms with Gasteiger partial charge in [-0.3, -0.25) is 4.79 Å². The van der Waals surface area contributed by atoms with Crippen molar-refractivity contribution in [2.24, 2.45) is 0 Å². The molecule has 1 N–H and O–H groups in total. The third kappa shape index (κ3) is 3.28. The molecule has 2 rings (SSSR count). The molecule has 7 heteroatoms. The van der Waals surface area contributed by atoms with Gasteiger partial charge in [0.15, 0.2) is 5.69 Å². The van der Waals surface area contributed by atoms with Gasteiger partial charge in [-0.1, -0.05) is 35.9 Å². The molecule has 0 aliphatic carbocycles. The number of carbonyl (C=O) groups excluding carboxylic acids is 1. The topological polar surface area (TPSA) is 71.2 Å². The highest BCUT2D eigenvalue weighted by molar-refractivity contribution is 6.32. The van der Waals surface area contributed by atoms with Crippen LogP contribution in [0.2, 0.25) is 5.02 Å². The third-order valence-corrected chi connectivity index (χ3v) is 3.65. The van der Waals surface area contributed by atoms with E-state index in [9.17, 15) is 4.79 Å². The molecular formula is C15H19ClN4O2. The van der Waals surface area contributed by atoms with Crippen LogP contribution in [0.1, 0.15) is 29.5 Å². The quantitative estimate of drug-likeness (QED) is 0.883. The molecule has 118 valence electrons. The van der Waals surface area contributed by atoms with E-state index in [1.165, 1.54) is 0 Å². The predicted molar refractivity (Wildman–Crippen MR) is 84.4 cm³/mol. The molecule has 0 aliphatic rings. The molecule has 0 atom stereocenters. The second kappa shape index (κ2) is 7.38. The monoisotopic (exact) mass is 322 g/mol. The summed E-state index contributed by atoms with van der Waals surface area (Å²) >= 11 is 6.16. The van der Waals surface area contributed by atoms with Crippen LogP contribution in [-0.2, 0) is 0 Å². The van der Waals surface area contributed by atoms with E-state index in [1.54, 1.807) is 22.6 Å². The largest absolute Gasteiger partial charge is 0.395 e. The molecule has 0 saturated carbocycles. The van der Waals surface area contributed by atoms with Crippen LogP contribution < -0.4 is 0 Å². The Kier molecular flexibility index (Phi) is 5.51. The molecule has 1 aromatic carbocycles. The minimum absolute atomic E-state index is 0.0799. The van der Waals surface area contributed by atoms with E-state index in [4.69, 9.17) is 16.7 Å². The first kappa shape index (κ1) is 16.5. The first-order valence-corrected chi connectivity index (χ1v) is 7.55. The van der Waals surface area contributed by atoms with Gasteiger partial charge in [-0.25, -0.2) is 4.68 Å². The van der Waals surface area contributed by atoms with Crippen LogP contribution in [0, 0.1) is 6.92 Å². The lowest BCUT2D eigenvalue weighted by atomic mass is 10.2. The van der Waals surface area contributed by atoms with E-state index < -0.39 is 0 Å². The molecule has 2 aromatic rings. The SMILES string of the molecule is CCCN(CCO)C(=O)c1nnn(-c2ccccc2Cl)c1C. The zero-order chi connectivity index (χ0) is 16.1. The number of amides is 1. The van der Waals surface area contributed by atoms with E-state index in [-0.39, 0.29) is 24.8 Å². The van der Waals surface area contributed by atoms with Crippen LogP contribution >= 0.6 is 11.6 Å². The third-order valence-electron chi connectivity index (χ3n) is 3.33. The molecule has 0 aliphatic heterocycles. The fraction of sp³-hybridized carbons (Fsp3) is 0.400. The first-order chi connectivity index (χ1) is 10.6. The van der Waals surface area contributed by atoms with Crippen molar-refractivity contribution in [3.05, 3.63) is 40.7 Å². The van der Waals surface area contributed by atoms with Crippen LogP contribution in [0.15, 0.2) is 24.3 Å². The van der Waals surface area contributed by atoms with Crippen molar-refractivity contribution in [2.75, 3.05) is 19.7 Å². The number of aliphatic hydroxyl groups is 1. The summed E-state index contributed by atoms with van der Waals surface area (Å²) in [6, 6.07) is 7.25. The van der Waals surface area contributed by atoms with E-state index in [0.717, 1.165) is 6.42 Å². The second-order valence-corrected chi connectivity index (χ2v) is 5.31. The highest BCUT2D eigenvalue weighted by Gasteiger charge is 2.22. The summed E-state index contributed by atoms with van der Waals surface area (Å²) in [5.74, 6) is -0.230. The van der Waals surface area contributed by atoms with Crippen molar-refractivity contribution < 1.29 is 9.90 Å². The number of hydrogen-bond donors (Lipinski definition) is 1. The van der Waals surface area contributed by atoms with Gasteiger partial charge in [-0.05, 0) is 25.5 Å². The Morgan fingerprint density at radius 1 is 1.36 bits per heavy atom. The van der Waals surface area contributed by atoms with Gasteiger partial charge >= 0.3 is 0 Å². The lowest BCUT2D eigenvalue weighted by Crippen LogP contribution is -2.34. The Hall–Kier alpha value is -1.92. The summed E-state index contributed by atoms with van der Waals surface area (Å²) < 4.78 is 1.55. The predicted octanol–water partition coefficient (Wildman–Crippen LogP) is 2.07. The number of benzene rings is 1. The smallest absolute Gasteiger partial charge is 0.276 e. The lowest BCUT2D eigenvalue weighted by Gasteiger charge is -2.20. The Morgan fingerprint density at radius 2 is 2.09 bits per heavy atom. The summed E-state index contributed by atoms with van der Waals surface area (Å²) in [5, 5.41) is 17.7. The zero-order valence-electron chi connectivity index (χ0n) is 12.7. The summed E-state index contributed by atoms with van der Waals surface area (Å²) in [6.45, 7) is 4.52. The number of nitrogens with zero attached hydrogens (tertiary/aromatic N) is 4. The van der Waals surface area contributed by atoms with Crippen LogP contribution in [-0.4, -0.2) is 50.6 Å². The molecule has 6 nitrogen and oxygen atoms in total. The second-order valence-electron chi connectivity index (χ2n) is 4.90. The van der Waals surface area contributed by atoms with Gasteiger partial charge in [0.2, 0.25) is 0 Å². The van der Waals surface area contributed by atoms with Crippen molar-refractivity contribution >= 4 is 17.5 Å². The number of aromatic nitrogens is 3. The van der Waals surface area contributed by atoms with Gasteiger partial charge in [0.25, 0.3) is 5.91 Å². The molecule has 1 aromatic heterocycles. The summed E-state index contributed by atoms with van der Waals surface area (Å²) in [5.41, 5.74) is 1.58. The van der Waals surface area contributed by atoms with Gasteiger partial charge < -0.3 is 10.0 Å². The standard InChI is InChI=1S/C15H19ClN4O2/c1-3-8-19(9-10-21)15(22)14-11(2)20(18-17-14)13-7-5-4-6-12(13)16/h4-7,21H,3,8-10H2,1-2H3. The molecule has 0 fully saturated rings. The Labute approximate surface area is 134 Å². The van der Waals surface area contributed by atoms with E-state index >= 15 is 0 Å². The minimum Gasteiger partial charge on any atom is -0.395 e. The van der Waals surface area contributed by atoms with Crippen molar-refractivity contribution in [1.29, 1.82) is 0 Å². The molecule has 0 radical (unpaired) electrons. The lowest BCUT2D eigenvalue weighted by molar-refractivity contribution is 0.0715. The summed E-state index contributed by atoms with van der Waals surface area (Å²) in [7, 11) is 0. The Balaban J connectivity index is 2.35. The molecule has 1 amide bonds. The van der Waals surface area contributed by atoms with Crippen LogP contribution in [0.5, 0.6) is 0 Å². The van der Waals surface area contributed by atoms with Crippen LogP contribution in [0.25, 0.3) is 5.69 Å². The van der Waals surface area contributed by atoms with Crippen molar-refractivity contribution in [3.8, 4) is 5.69 Å². The van der Waals surface area contributed by atoms with Gasteiger partial charge in [-0.15, -0.1) is 5.10 Å². The van der Waals surface area contributed by atoms with Crippen molar-refractivity contribution in [3.63, 3.8) is 0 Å². The number of para-hydroxylation sites is 1. The van der Waals surface area contributed by atoms with E-state index in [0.29, 0.717) is 22.9 Å². The highest BCUT2D eigenvalue weighted by Crippen LogP contribution is 2.21. The summed E-state index contributed by atoms with van der Waals surface area (Å²) in [6.07, 6.45) is 0.809. The van der Waals surface area contributed by atoms with Gasteiger partial charge in [0.1, 0.15) is 0 Å². The number of halogens is 1. The fourth-order valence-electron chi connectivity index (χ4n) is 2.23.